The molecular formula is C26H39N7O3. The first-order valence-electron chi connectivity index (χ1n) is 12.7. The average Bonchev–Trinajstić information content (AvgIpc) is 3.32. The highest BCUT2D eigenvalue weighted by molar-refractivity contribution is 6.14. The minimum atomic E-state index is -0.483. The van der Waals surface area contributed by atoms with Gasteiger partial charge in [-0.05, 0) is 59.6 Å². The maximum absolute atomic E-state index is 13.8. The molecule has 196 valence electrons. The molecule has 4 rings (SSSR count). The number of hydrogen-bond acceptors (Lipinski definition) is 7. The summed E-state index contributed by atoms with van der Waals surface area (Å²) in [6, 6.07) is 2.10. The van der Waals surface area contributed by atoms with E-state index in [2.05, 4.69) is 52.9 Å². The van der Waals surface area contributed by atoms with E-state index in [4.69, 9.17) is 4.74 Å². The lowest BCUT2D eigenvalue weighted by Gasteiger charge is -2.47. The lowest BCUT2D eigenvalue weighted by Crippen LogP contribution is -2.62. The minimum absolute atomic E-state index is 0.0398. The first-order valence-corrected chi connectivity index (χ1v) is 12.7. The Morgan fingerprint density at radius 2 is 1.92 bits per heavy atom. The Labute approximate surface area is 213 Å². The zero-order chi connectivity index (χ0) is 26.2. The van der Waals surface area contributed by atoms with E-state index in [-0.39, 0.29) is 24.0 Å². The average molecular weight is 498 g/mol. The smallest absolute Gasteiger partial charge is 0.321 e. The van der Waals surface area contributed by atoms with Crippen LogP contribution in [0.25, 0.3) is 0 Å². The predicted octanol–water partition coefficient (Wildman–Crippen LogP) is 2.18. The number of ether oxygens (including phenoxy) is 1. The third-order valence-corrected chi connectivity index (χ3v) is 7.59. The Morgan fingerprint density at radius 3 is 2.61 bits per heavy atom. The number of methoxy groups -OCH3 is 1. The quantitative estimate of drug-likeness (QED) is 0.626. The van der Waals surface area contributed by atoms with Gasteiger partial charge in [0.25, 0.3) is 5.91 Å². The van der Waals surface area contributed by atoms with Crippen LogP contribution in [0.5, 0.6) is 0 Å². The number of urea groups is 1. The molecular weight excluding hydrogens is 458 g/mol. The van der Waals surface area contributed by atoms with Gasteiger partial charge in [0, 0.05) is 56.7 Å². The highest BCUT2D eigenvalue weighted by Gasteiger charge is 2.48. The second kappa shape index (κ2) is 10.3. The standard InChI is InChI=1S/C26H39N7O3/c1-16-11-22(29-19(4)28-16)24(34)30-23-20-15-33(26(5,6)21(20)12-27-23)25(35)32-14-17(2)31(13-18(32)3)9-8-10-36-7/h11,17-18H,8-10,12-15H2,1-7H3,(H,27,30,34)/t17-,18+/m1/s1. The Bertz CT molecular complexity index is 1080. The summed E-state index contributed by atoms with van der Waals surface area (Å²) in [6.07, 6.45) is 0.985. The molecule has 10 nitrogen and oxygen atoms in total. The number of nitrogens with zero attached hydrogens (tertiary/aromatic N) is 6. The van der Waals surface area contributed by atoms with Gasteiger partial charge in [0.1, 0.15) is 17.4 Å². The van der Waals surface area contributed by atoms with Gasteiger partial charge < -0.3 is 19.9 Å². The second-order valence-corrected chi connectivity index (χ2v) is 10.6. The highest BCUT2D eigenvalue weighted by Crippen LogP contribution is 2.39. The van der Waals surface area contributed by atoms with Crippen molar-refractivity contribution in [2.45, 2.75) is 65.6 Å². The molecule has 0 spiro atoms. The second-order valence-electron chi connectivity index (χ2n) is 10.6. The summed E-state index contributed by atoms with van der Waals surface area (Å²) >= 11 is 0. The topological polar surface area (TPSA) is 103 Å². The molecule has 1 aromatic rings. The SMILES string of the molecule is COCCCN1C[C@H](C)N(C(=O)N2CC3=C(CN=C3NC(=O)c3cc(C)nc(C)n3)C2(C)C)C[C@H]1C. The van der Waals surface area contributed by atoms with E-state index in [1.807, 2.05) is 16.7 Å². The van der Waals surface area contributed by atoms with Crippen LogP contribution in [0, 0.1) is 13.8 Å². The van der Waals surface area contributed by atoms with Gasteiger partial charge >= 0.3 is 6.03 Å². The summed E-state index contributed by atoms with van der Waals surface area (Å²) in [6.45, 7) is 16.2. The Morgan fingerprint density at radius 1 is 1.17 bits per heavy atom. The molecule has 1 N–H and O–H groups in total. The maximum atomic E-state index is 13.8. The number of nitrogens with one attached hydrogen (secondary N) is 1. The van der Waals surface area contributed by atoms with Crippen molar-refractivity contribution in [3.63, 3.8) is 0 Å². The Kier molecular flexibility index (Phi) is 7.47. The first-order chi connectivity index (χ1) is 17.0. The molecule has 0 unspecified atom stereocenters. The molecule has 36 heavy (non-hydrogen) atoms. The third-order valence-electron chi connectivity index (χ3n) is 7.59. The van der Waals surface area contributed by atoms with Crippen LogP contribution in [0.4, 0.5) is 4.79 Å². The van der Waals surface area contributed by atoms with Crippen LogP contribution in [-0.2, 0) is 4.74 Å². The molecule has 0 saturated carbocycles. The molecule has 0 bridgehead atoms. The maximum Gasteiger partial charge on any atom is 0.321 e. The largest absolute Gasteiger partial charge is 0.385 e. The zero-order valence-electron chi connectivity index (χ0n) is 22.6. The molecule has 10 heteroatoms. The van der Waals surface area contributed by atoms with E-state index in [9.17, 15) is 9.59 Å². The van der Waals surface area contributed by atoms with Crippen molar-refractivity contribution >= 4 is 17.8 Å². The van der Waals surface area contributed by atoms with Gasteiger partial charge in [-0.15, -0.1) is 0 Å². The monoisotopic (exact) mass is 497 g/mol. The van der Waals surface area contributed by atoms with E-state index >= 15 is 0 Å². The fourth-order valence-corrected chi connectivity index (χ4v) is 5.51. The van der Waals surface area contributed by atoms with Crippen LogP contribution in [0.3, 0.4) is 0 Å². The summed E-state index contributed by atoms with van der Waals surface area (Å²) in [5, 5.41) is 2.94. The van der Waals surface area contributed by atoms with E-state index in [0.29, 0.717) is 37.0 Å². The molecule has 3 amide bonds. The Hall–Kier alpha value is -2.85. The number of hydrogen-bond donors (Lipinski definition) is 1. The van der Waals surface area contributed by atoms with Gasteiger partial charge in [-0.2, -0.15) is 0 Å². The highest BCUT2D eigenvalue weighted by atomic mass is 16.5. The van der Waals surface area contributed by atoms with Gasteiger partial charge in [0.2, 0.25) is 0 Å². The number of amidine groups is 1. The van der Waals surface area contributed by atoms with Crippen LogP contribution < -0.4 is 5.32 Å². The van der Waals surface area contributed by atoms with Gasteiger partial charge in [-0.25, -0.2) is 14.8 Å². The van der Waals surface area contributed by atoms with Crippen LogP contribution in [0.15, 0.2) is 22.2 Å². The summed E-state index contributed by atoms with van der Waals surface area (Å²) in [5.74, 6) is 0.775. The number of aromatic nitrogens is 2. The normalized spacial score (nSPS) is 23.7. The fourth-order valence-electron chi connectivity index (χ4n) is 5.51. The molecule has 3 aliphatic heterocycles. The molecule has 1 aromatic heterocycles. The van der Waals surface area contributed by atoms with Crippen molar-refractivity contribution in [1.29, 1.82) is 0 Å². The van der Waals surface area contributed by atoms with Crippen molar-refractivity contribution in [3.05, 3.63) is 34.4 Å². The molecule has 0 aromatic carbocycles. The van der Waals surface area contributed by atoms with Crippen molar-refractivity contribution < 1.29 is 14.3 Å². The zero-order valence-corrected chi connectivity index (χ0v) is 22.6. The van der Waals surface area contributed by atoms with E-state index in [1.54, 1.807) is 20.1 Å². The molecule has 1 saturated heterocycles. The molecule has 2 atom stereocenters. The lowest BCUT2D eigenvalue weighted by atomic mass is 9.94. The van der Waals surface area contributed by atoms with E-state index < -0.39 is 5.54 Å². The van der Waals surface area contributed by atoms with Gasteiger partial charge in [-0.1, -0.05) is 0 Å². The number of carbonyl (C=O) groups is 2. The third kappa shape index (κ3) is 5.01. The van der Waals surface area contributed by atoms with Gasteiger partial charge in [0.15, 0.2) is 0 Å². The van der Waals surface area contributed by atoms with Crippen LogP contribution in [-0.4, -0.2) is 107 Å². The van der Waals surface area contributed by atoms with E-state index in [0.717, 1.165) is 43.0 Å². The molecule has 4 heterocycles. The number of aliphatic imine (C=N–C) groups is 1. The van der Waals surface area contributed by atoms with Gasteiger partial charge in [0.05, 0.1) is 18.6 Å². The van der Waals surface area contributed by atoms with Crippen molar-refractivity contribution in [3.8, 4) is 0 Å². The fraction of sp³-hybridized carbons (Fsp3) is 0.654. The molecule has 1 fully saturated rings. The first kappa shape index (κ1) is 26.2. The number of aryl methyl sites for hydroxylation is 2. The van der Waals surface area contributed by atoms with Crippen molar-refractivity contribution in [1.82, 2.24) is 30.0 Å². The number of carbonyl (C=O) groups excluding carboxylic acids is 2. The molecule has 3 aliphatic rings. The van der Waals surface area contributed by atoms with Crippen LogP contribution in [0.2, 0.25) is 0 Å². The summed E-state index contributed by atoms with van der Waals surface area (Å²) in [4.78, 5) is 46.2. The number of rotatable bonds is 5. The predicted molar refractivity (Wildman–Crippen MR) is 138 cm³/mol. The number of amides is 3. The van der Waals surface area contributed by atoms with Crippen molar-refractivity contribution in [2.75, 3.05) is 46.4 Å². The summed E-state index contributed by atoms with van der Waals surface area (Å²) < 4.78 is 5.20. The van der Waals surface area contributed by atoms with Crippen LogP contribution >= 0.6 is 0 Å². The summed E-state index contributed by atoms with van der Waals surface area (Å²) in [7, 11) is 1.73. The number of piperazine rings is 1. The van der Waals surface area contributed by atoms with Crippen LogP contribution in [0.1, 0.15) is 56.1 Å². The van der Waals surface area contributed by atoms with Crippen molar-refractivity contribution in [2.24, 2.45) is 4.99 Å². The van der Waals surface area contributed by atoms with E-state index in [1.165, 1.54) is 0 Å². The Balaban J connectivity index is 1.44. The van der Waals surface area contributed by atoms with Gasteiger partial charge in [-0.3, -0.25) is 14.7 Å². The molecule has 0 radical (unpaired) electrons. The lowest BCUT2D eigenvalue weighted by molar-refractivity contribution is 0.0384. The summed E-state index contributed by atoms with van der Waals surface area (Å²) in [5.41, 5.74) is 2.58. The minimum Gasteiger partial charge on any atom is -0.385 e. The molecule has 0 aliphatic carbocycles.